The van der Waals surface area contributed by atoms with Crippen molar-refractivity contribution in [2.75, 3.05) is 45.8 Å². The second-order valence-corrected chi connectivity index (χ2v) is 9.43. The zero-order chi connectivity index (χ0) is 19.6. The van der Waals surface area contributed by atoms with Crippen LogP contribution in [-0.4, -0.2) is 76.0 Å². The molecule has 1 aromatic heterocycles. The first-order valence-corrected chi connectivity index (χ1v) is 10.9. The van der Waals surface area contributed by atoms with E-state index in [0.29, 0.717) is 24.3 Å². The van der Waals surface area contributed by atoms with E-state index in [1.54, 1.807) is 24.1 Å². The number of para-hydroxylation sites is 1. The van der Waals surface area contributed by atoms with Gasteiger partial charge in [-0.3, -0.25) is 4.79 Å². The number of carbonyl (C=O) groups is 1. The second kappa shape index (κ2) is 7.90. The predicted molar refractivity (Wildman–Crippen MR) is 104 cm³/mol. The van der Waals surface area contributed by atoms with Gasteiger partial charge in [-0.05, 0) is 45.6 Å². The number of hydrogen-bond donors (Lipinski definition) is 0. The van der Waals surface area contributed by atoms with Crippen molar-refractivity contribution in [2.45, 2.75) is 18.9 Å². The molecule has 0 saturated carbocycles. The van der Waals surface area contributed by atoms with Crippen LogP contribution in [0.4, 0.5) is 0 Å². The van der Waals surface area contributed by atoms with E-state index in [1.807, 2.05) is 31.1 Å². The van der Waals surface area contributed by atoms with Crippen LogP contribution in [0.3, 0.4) is 0 Å². The smallest absolute Gasteiger partial charge is 0.289 e. The molecule has 1 unspecified atom stereocenters. The lowest BCUT2D eigenvalue weighted by molar-refractivity contribution is 0.0660. The Bertz CT molecular complexity index is 919. The van der Waals surface area contributed by atoms with Crippen molar-refractivity contribution in [3.05, 3.63) is 30.0 Å². The molecule has 8 heteroatoms. The Hall–Kier alpha value is -2.06. The maximum Gasteiger partial charge on any atom is 0.289 e. The standard InChI is InChI=1S/C19H26N2O5S/c1-20(2)9-5-10-21(15-8-11-27(23,24)13-15)19(22)17-12-14-6-4-7-16(25-3)18(14)26-17/h4,6-7,12,15H,5,8-11,13H2,1-3H3. The monoisotopic (exact) mass is 394 g/mol. The summed E-state index contributed by atoms with van der Waals surface area (Å²) in [4.78, 5) is 16.9. The molecule has 0 N–H and O–H groups in total. The minimum absolute atomic E-state index is 0.0181. The Kier molecular flexibility index (Phi) is 5.76. The summed E-state index contributed by atoms with van der Waals surface area (Å²) < 4.78 is 34.9. The lowest BCUT2D eigenvalue weighted by Crippen LogP contribution is -2.42. The molecule has 148 valence electrons. The van der Waals surface area contributed by atoms with Gasteiger partial charge in [0.15, 0.2) is 26.9 Å². The first-order valence-electron chi connectivity index (χ1n) is 9.03. The number of rotatable bonds is 7. The fraction of sp³-hybridized carbons (Fsp3) is 0.526. The number of hydrogen-bond acceptors (Lipinski definition) is 6. The molecule has 1 aliphatic rings. The van der Waals surface area contributed by atoms with Gasteiger partial charge in [0.25, 0.3) is 5.91 Å². The molecule has 0 aliphatic carbocycles. The summed E-state index contributed by atoms with van der Waals surface area (Å²) in [5, 5.41) is 0.782. The van der Waals surface area contributed by atoms with Crippen molar-refractivity contribution >= 4 is 26.7 Å². The predicted octanol–water partition coefficient (Wildman–Crippen LogP) is 2.02. The van der Waals surface area contributed by atoms with Gasteiger partial charge in [0.2, 0.25) is 0 Å². The van der Waals surface area contributed by atoms with Gasteiger partial charge in [-0.2, -0.15) is 0 Å². The SMILES string of the molecule is COc1cccc2cc(C(=O)N(CCCN(C)C)C3CCS(=O)(=O)C3)oc12. The molecule has 1 saturated heterocycles. The normalized spacial score (nSPS) is 18.9. The molecule has 2 aromatic rings. The Balaban J connectivity index is 1.87. The van der Waals surface area contributed by atoms with Gasteiger partial charge in [-0.25, -0.2) is 8.42 Å². The highest BCUT2D eigenvalue weighted by atomic mass is 32.2. The van der Waals surface area contributed by atoms with E-state index in [2.05, 4.69) is 0 Å². The number of carbonyl (C=O) groups excluding carboxylic acids is 1. The van der Waals surface area contributed by atoms with Crippen LogP contribution in [0.2, 0.25) is 0 Å². The van der Waals surface area contributed by atoms with E-state index >= 15 is 0 Å². The number of fused-ring (bicyclic) bond motifs is 1. The van der Waals surface area contributed by atoms with E-state index in [0.717, 1.165) is 18.4 Å². The second-order valence-electron chi connectivity index (χ2n) is 7.20. The highest BCUT2D eigenvalue weighted by Gasteiger charge is 2.35. The van der Waals surface area contributed by atoms with Gasteiger partial charge in [0.05, 0.1) is 18.6 Å². The molecule has 1 aliphatic heterocycles. The van der Waals surface area contributed by atoms with Crippen LogP contribution in [0, 0.1) is 0 Å². The van der Waals surface area contributed by atoms with E-state index < -0.39 is 9.84 Å². The Morgan fingerprint density at radius 3 is 2.70 bits per heavy atom. The summed E-state index contributed by atoms with van der Waals surface area (Å²) in [5.74, 6) is 0.653. The number of methoxy groups -OCH3 is 1. The molecule has 1 aromatic carbocycles. The summed E-state index contributed by atoms with van der Waals surface area (Å²) >= 11 is 0. The third-order valence-corrected chi connectivity index (χ3v) is 6.60. The maximum absolute atomic E-state index is 13.2. The quantitative estimate of drug-likeness (QED) is 0.715. The molecule has 0 spiro atoms. The number of nitrogens with zero attached hydrogens (tertiary/aromatic N) is 2. The van der Waals surface area contributed by atoms with Gasteiger partial charge >= 0.3 is 0 Å². The number of furan rings is 1. The third-order valence-electron chi connectivity index (χ3n) is 4.85. The lowest BCUT2D eigenvalue weighted by Gasteiger charge is -2.28. The summed E-state index contributed by atoms with van der Waals surface area (Å²) in [6, 6.07) is 6.86. The van der Waals surface area contributed by atoms with Crippen molar-refractivity contribution in [1.82, 2.24) is 9.80 Å². The van der Waals surface area contributed by atoms with E-state index in [1.165, 1.54) is 0 Å². The molecular weight excluding hydrogens is 368 g/mol. The van der Waals surface area contributed by atoms with Crippen molar-refractivity contribution in [3.63, 3.8) is 0 Å². The molecule has 1 atom stereocenters. The minimum Gasteiger partial charge on any atom is -0.493 e. The molecular formula is C19H26N2O5S. The lowest BCUT2D eigenvalue weighted by atomic mass is 10.2. The molecule has 3 rings (SSSR count). The van der Waals surface area contributed by atoms with Crippen LogP contribution in [0.1, 0.15) is 23.4 Å². The average molecular weight is 394 g/mol. The van der Waals surface area contributed by atoms with Gasteiger partial charge in [0, 0.05) is 18.0 Å². The van der Waals surface area contributed by atoms with Crippen LogP contribution < -0.4 is 4.74 Å². The van der Waals surface area contributed by atoms with E-state index in [9.17, 15) is 13.2 Å². The number of benzene rings is 1. The third kappa shape index (κ3) is 4.44. The van der Waals surface area contributed by atoms with E-state index in [4.69, 9.17) is 9.15 Å². The Labute approximate surface area is 159 Å². The maximum atomic E-state index is 13.2. The summed E-state index contributed by atoms with van der Waals surface area (Å²) in [6.07, 6.45) is 1.23. The summed E-state index contributed by atoms with van der Waals surface area (Å²) in [7, 11) is 2.40. The highest BCUT2D eigenvalue weighted by Crippen LogP contribution is 2.30. The van der Waals surface area contributed by atoms with E-state index in [-0.39, 0.29) is 29.2 Å². The first kappa shape index (κ1) is 19.7. The van der Waals surface area contributed by atoms with Gasteiger partial charge in [0.1, 0.15) is 0 Å². The number of sulfone groups is 1. The first-order chi connectivity index (χ1) is 12.8. The minimum atomic E-state index is -3.09. The summed E-state index contributed by atoms with van der Waals surface area (Å²) in [5.41, 5.74) is 0.524. The van der Waals surface area contributed by atoms with Crippen LogP contribution in [0.25, 0.3) is 11.0 Å². The molecule has 0 radical (unpaired) electrons. The van der Waals surface area contributed by atoms with Crippen molar-refractivity contribution < 1.29 is 22.4 Å². The largest absolute Gasteiger partial charge is 0.493 e. The van der Waals surface area contributed by atoms with Crippen molar-refractivity contribution in [1.29, 1.82) is 0 Å². The van der Waals surface area contributed by atoms with Crippen molar-refractivity contribution in [3.8, 4) is 5.75 Å². The fourth-order valence-corrected chi connectivity index (χ4v) is 5.20. The highest BCUT2D eigenvalue weighted by molar-refractivity contribution is 7.91. The Morgan fingerprint density at radius 1 is 1.30 bits per heavy atom. The molecule has 0 bridgehead atoms. The average Bonchev–Trinajstić information content (AvgIpc) is 3.20. The number of amides is 1. The van der Waals surface area contributed by atoms with Gasteiger partial charge < -0.3 is 19.0 Å². The molecule has 27 heavy (non-hydrogen) atoms. The van der Waals surface area contributed by atoms with Crippen molar-refractivity contribution in [2.24, 2.45) is 0 Å². The fourth-order valence-electron chi connectivity index (χ4n) is 3.47. The van der Waals surface area contributed by atoms with Crippen LogP contribution in [0.5, 0.6) is 5.75 Å². The van der Waals surface area contributed by atoms with Crippen LogP contribution in [0.15, 0.2) is 28.7 Å². The zero-order valence-electron chi connectivity index (χ0n) is 16.0. The Morgan fingerprint density at radius 2 is 2.07 bits per heavy atom. The molecule has 2 heterocycles. The molecule has 7 nitrogen and oxygen atoms in total. The van der Waals surface area contributed by atoms with Gasteiger partial charge in [-0.15, -0.1) is 0 Å². The topological polar surface area (TPSA) is 80.1 Å². The zero-order valence-corrected chi connectivity index (χ0v) is 16.8. The van der Waals surface area contributed by atoms with Crippen LogP contribution >= 0.6 is 0 Å². The van der Waals surface area contributed by atoms with Crippen LogP contribution in [-0.2, 0) is 9.84 Å². The number of ether oxygens (including phenoxy) is 1. The summed E-state index contributed by atoms with van der Waals surface area (Å²) in [6.45, 7) is 1.31. The molecule has 1 fully saturated rings. The molecule has 1 amide bonds. The van der Waals surface area contributed by atoms with Gasteiger partial charge in [-0.1, -0.05) is 12.1 Å².